The van der Waals surface area contributed by atoms with Gasteiger partial charge in [0.25, 0.3) is 0 Å². The van der Waals surface area contributed by atoms with Crippen LogP contribution in [-0.4, -0.2) is 28.0 Å². The zero-order valence-corrected chi connectivity index (χ0v) is 17.0. The third kappa shape index (κ3) is 5.04. The number of hydrogen-bond donors (Lipinski definition) is 0. The summed E-state index contributed by atoms with van der Waals surface area (Å²) in [6.07, 6.45) is 1.18. The molecule has 2 heterocycles. The van der Waals surface area contributed by atoms with Gasteiger partial charge in [-0.1, -0.05) is 56.3 Å². The van der Waals surface area contributed by atoms with Crippen molar-refractivity contribution in [1.29, 1.82) is 0 Å². The van der Waals surface area contributed by atoms with Crippen molar-refractivity contribution in [3.63, 3.8) is 0 Å². The molecule has 5 nitrogen and oxygen atoms in total. The lowest BCUT2D eigenvalue weighted by molar-refractivity contribution is -0.130. The van der Waals surface area contributed by atoms with E-state index in [4.69, 9.17) is 4.52 Å². The van der Waals surface area contributed by atoms with Crippen LogP contribution in [0.1, 0.15) is 44.2 Å². The highest BCUT2D eigenvalue weighted by Gasteiger charge is 2.16. The molecule has 1 amide bonds. The first kappa shape index (κ1) is 19.3. The van der Waals surface area contributed by atoms with Crippen molar-refractivity contribution in [1.82, 2.24) is 15.0 Å². The molecule has 1 aromatic carbocycles. The van der Waals surface area contributed by atoms with Gasteiger partial charge in [-0.15, -0.1) is 11.3 Å². The number of rotatable bonds is 6. The fourth-order valence-corrected chi connectivity index (χ4v) is 3.38. The molecule has 0 N–H and O–H groups in total. The van der Waals surface area contributed by atoms with E-state index in [0.29, 0.717) is 24.7 Å². The molecule has 0 aliphatic rings. The molecule has 0 fully saturated rings. The molecule has 6 heteroatoms. The number of aromatic nitrogens is 2. The van der Waals surface area contributed by atoms with Crippen LogP contribution in [0.5, 0.6) is 0 Å². The summed E-state index contributed by atoms with van der Waals surface area (Å²) in [6.45, 7) is 6.91. The zero-order valence-electron chi connectivity index (χ0n) is 16.2. The van der Waals surface area contributed by atoms with Gasteiger partial charge in [0.1, 0.15) is 0 Å². The Hall–Kier alpha value is -2.47. The molecule has 3 aromatic rings. The summed E-state index contributed by atoms with van der Waals surface area (Å²) >= 11 is 1.56. The standard InChI is InChI=1S/C21H25N3O2S/c1-21(2,3)16-10-7-15(8-11-16)9-12-19(25)24(4)14-18-22-20(23-26-18)17-6-5-13-27-17/h5-8,10-11,13H,9,12,14H2,1-4H3. The molecular formula is C21H25N3O2S. The van der Waals surface area contributed by atoms with E-state index in [1.165, 1.54) is 11.1 Å². The molecule has 0 bridgehead atoms. The maximum Gasteiger partial charge on any atom is 0.246 e. The molecule has 0 saturated carbocycles. The zero-order chi connectivity index (χ0) is 19.4. The lowest BCUT2D eigenvalue weighted by Crippen LogP contribution is -2.26. The number of hydrogen-bond acceptors (Lipinski definition) is 5. The Morgan fingerprint density at radius 3 is 2.56 bits per heavy atom. The first-order chi connectivity index (χ1) is 12.8. The van der Waals surface area contributed by atoms with Crippen LogP contribution >= 0.6 is 11.3 Å². The van der Waals surface area contributed by atoms with Crippen molar-refractivity contribution in [2.75, 3.05) is 7.05 Å². The Kier molecular flexibility index (Phi) is 5.75. The van der Waals surface area contributed by atoms with Crippen LogP contribution in [0, 0.1) is 0 Å². The fraction of sp³-hybridized carbons (Fsp3) is 0.381. The molecule has 142 valence electrons. The maximum absolute atomic E-state index is 12.4. The van der Waals surface area contributed by atoms with Crippen molar-refractivity contribution >= 4 is 17.2 Å². The summed E-state index contributed by atoms with van der Waals surface area (Å²) in [5, 5.41) is 5.95. The predicted molar refractivity (Wildman–Crippen MR) is 108 cm³/mol. The van der Waals surface area contributed by atoms with Crippen molar-refractivity contribution in [3.05, 3.63) is 58.8 Å². The second-order valence-corrected chi connectivity index (χ2v) is 8.63. The third-order valence-electron chi connectivity index (χ3n) is 4.46. The molecule has 0 aliphatic carbocycles. The van der Waals surface area contributed by atoms with Crippen LogP contribution in [0.15, 0.2) is 46.3 Å². The van der Waals surface area contributed by atoms with Gasteiger partial charge in [-0.3, -0.25) is 4.79 Å². The van der Waals surface area contributed by atoms with E-state index in [-0.39, 0.29) is 11.3 Å². The molecule has 2 aromatic heterocycles. The topological polar surface area (TPSA) is 59.2 Å². The normalized spacial score (nSPS) is 11.6. The second-order valence-electron chi connectivity index (χ2n) is 7.69. The Balaban J connectivity index is 1.52. The van der Waals surface area contributed by atoms with Crippen LogP contribution in [0.4, 0.5) is 0 Å². The van der Waals surface area contributed by atoms with Gasteiger partial charge in [0, 0.05) is 13.5 Å². The first-order valence-electron chi connectivity index (χ1n) is 9.03. The minimum Gasteiger partial charge on any atom is -0.337 e. The molecule has 0 unspecified atom stereocenters. The SMILES string of the molecule is CN(Cc1nc(-c2cccs2)no1)C(=O)CCc1ccc(C(C)(C)C)cc1. The monoisotopic (exact) mass is 383 g/mol. The smallest absolute Gasteiger partial charge is 0.246 e. The Labute approximate surface area is 164 Å². The van der Waals surface area contributed by atoms with E-state index in [0.717, 1.165) is 11.3 Å². The van der Waals surface area contributed by atoms with E-state index in [9.17, 15) is 4.79 Å². The Morgan fingerprint density at radius 2 is 1.93 bits per heavy atom. The Bertz CT molecular complexity index is 877. The summed E-state index contributed by atoms with van der Waals surface area (Å²) in [4.78, 5) is 19.4. The molecule has 0 spiro atoms. The summed E-state index contributed by atoms with van der Waals surface area (Å²) in [7, 11) is 1.76. The van der Waals surface area contributed by atoms with Crippen molar-refractivity contribution in [2.45, 2.75) is 45.6 Å². The van der Waals surface area contributed by atoms with Crippen molar-refractivity contribution in [2.24, 2.45) is 0 Å². The van der Waals surface area contributed by atoms with E-state index in [2.05, 4.69) is 55.2 Å². The highest BCUT2D eigenvalue weighted by Crippen LogP contribution is 2.23. The van der Waals surface area contributed by atoms with Gasteiger partial charge < -0.3 is 9.42 Å². The summed E-state index contributed by atoms with van der Waals surface area (Å²) in [6, 6.07) is 12.4. The molecule has 0 radical (unpaired) electrons. The average molecular weight is 384 g/mol. The average Bonchev–Trinajstić information content (AvgIpc) is 3.30. The van der Waals surface area contributed by atoms with Gasteiger partial charge in [-0.25, -0.2) is 0 Å². The van der Waals surface area contributed by atoms with Crippen LogP contribution in [0.2, 0.25) is 0 Å². The van der Waals surface area contributed by atoms with Gasteiger partial charge >= 0.3 is 0 Å². The van der Waals surface area contributed by atoms with Crippen LogP contribution in [-0.2, 0) is 23.2 Å². The molecule has 0 aliphatic heterocycles. The number of aryl methyl sites for hydroxylation is 1. The van der Waals surface area contributed by atoms with Gasteiger partial charge in [-0.2, -0.15) is 4.98 Å². The van der Waals surface area contributed by atoms with Gasteiger partial charge in [0.05, 0.1) is 11.4 Å². The van der Waals surface area contributed by atoms with E-state index in [1.807, 2.05) is 17.5 Å². The molecule has 27 heavy (non-hydrogen) atoms. The van der Waals surface area contributed by atoms with Gasteiger partial charge in [-0.05, 0) is 34.4 Å². The van der Waals surface area contributed by atoms with Crippen LogP contribution in [0.25, 0.3) is 10.7 Å². The summed E-state index contributed by atoms with van der Waals surface area (Å²) in [5.41, 5.74) is 2.61. The summed E-state index contributed by atoms with van der Waals surface area (Å²) < 4.78 is 5.27. The van der Waals surface area contributed by atoms with Crippen LogP contribution < -0.4 is 0 Å². The number of amides is 1. The Morgan fingerprint density at radius 1 is 1.19 bits per heavy atom. The first-order valence-corrected chi connectivity index (χ1v) is 9.91. The second kappa shape index (κ2) is 8.05. The van der Waals surface area contributed by atoms with Crippen molar-refractivity contribution < 1.29 is 9.32 Å². The highest BCUT2D eigenvalue weighted by atomic mass is 32.1. The predicted octanol–water partition coefficient (Wildman–Crippen LogP) is 4.69. The lowest BCUT2D eigenvalue weighted by atomic mass is 9.86. The van der Waals surface area contributed by atoms with E-state index >= 15 is 0 Å². The number of thiophene rings is 1. The molecular weight excluding hydrogens is 358 g/mol. The quantitative estimate of drug-likeness (QED) is 0.620. The lowest BCUT2D eigenvalue weighted by Gasteiger charge is -2.19. The molecule has 3 rings (SSSR count). The maximum atomic E-state index is 12.4. The number of benzene rings is 1. The minimum atomic E-state index is 0.0609. The minimum absolute atomic E-state index is 0.0609. The fourth-order valence-electron chi connectivity index (χ4n) is 2.73. The highest BCUT2D eigenvalue weighted by molar-refractivity contribution is 7.13. The van der Waals surface area contributed by atoms with E-state index < -0.39 is 0 Å². The van der Waals surface area contributed by atoms with Gasteiger partial charge in [0.2, 0.25) is 17.6 Å². The number of nitrogens with zero attached hydrogens (tertiary/aromatic N) is 3. The van der Waals surface area contributed by atoms with Crippen molar-refractivity contribution in [3.8, 4) is 10.7 Å². The largest absolute Gasteiger partial charge is 0.337 e. The number of carbonyl (C=O) groups excluding carboxylic acids is 1. The molecule has 0 atom stereocenters. The molecule has 0 saturated heterocycles. The summed E-state index contributed by atoms with van der Waals surface area (Å²) in [5.74, 6) is 1.08. The third-order valence-corrected chi connectivity index (χ3v) is 5.32. The van der Waals surface area contributed by atoms with Crippen LogP contribution in [0.3, 0.4) is 0 Å². The number of carbonyl (C=O) groups is 1. The van der Waals surface area contributed by atoms with E-state index in [1.54, 1.807) is 23.3 Å². The van der Waals surface area contributed by atoms with Gasteiger partial charge in [0.15, 0.2) is 0 Å².